The lowest BCUT2D eigenvalue weighted by Crippen LogP contribution is -2.40. The fraction of sp³-hybridized carbons (Fsp3) is 0.786. The van der Waals surface area contributed by atoms with E-state index in [9.17, 15) is 0 Å². The summed E-state index contributed by atoms with van der Waals surface area (Å²) < 4.78 is 0. The molecule has 0 heterocycles. The van der Waals surface area contributed by atoms with Gasteiger partial charge in [-0.05, 0) is 31.6 Å². The highest BCUT2D eigenvalue weighted by Gasteiger charge is 2.33. The molecular weight excluding hydrogens is 210 g/mol. The topological polar surface area (TPSA) is 27.6 Å². The van der Waals surface area contributed by atoms with Gasteiger partial charge in [-0.25, -0.2) is 0 Å². The summed E-state index contributed by atoms with van der Waals surface area (Å²) in [4.78, 5) is 6.57. The minimum absolute atomic E-state index is 0.650. The third-order valence-electron chi connectivity index (χ3n) is 3.40. The van der Waals surface area contributed by atoms with E-state index in [4.69, 9.17) is 0 Å². The van der Waals surface area contributed by atoms with Gasteiger partial charge in [-0.1, -0.05) is 19.4 Å². The van der Waals surface area contributed by atoms with Gasteiger partial charge < -0.3 is 10.2 Å². The predicted octanol–water partition coefficient (Wildman–Crippen LogP) is 2.65. The first-order valence-electron chi connectivity index (χ1n) is 6.74. The average Bonchev–Trinajstić information content (AvgIpc) is 3.01. The van der Waals surface area contributed by atoms with Crippen molar-refractivity contribution in [3.63, 3.8) is 0 Å². The molecule has 1 aliphatic rings. The second kappa shape index (κ2) is 7.36. The second-order valence-corrected chi connectivity index (χ2v) is 5.07. The molecule has 0 aromatic heterocycles. The number of rotatable bonds is 7. The summed E-state index contributed by atoms with van der Waals surface area (Å²) >= 11 is 0. The molecule has 1 fully saturated rings. The standard InChI is InChI=1S/C14H27N3/c1-5-6-7-8-9-10-17(4)14(15-3)16-13-11-12(13)2/h5,12-13H,1,6-11H2,2-4H3,(H,15,16). The molecule has 1 N–H and O–H groups in total. The van der Waals surface area contributed by atoms with Crippen LogP contribution in [0.25, 0.3) is 0 Å². The fourth-order valence-corrected chi connectivity index (χ4v) is 1.95. The summed E-state index contributed by atoms with van der Waals surface area (Å²) in [5, 5.41) is 3.50. The molecule has 1 rings (SSSR count). The smallest absolute Gasteiger partial charge is 0.193 e. The van der Waals surface area contributed by atoms with Crippen LogP contribution in [0.4, 0.5) is 0 Å². The molecule has 0 radical (unpaired) electrons. The van der Waals surface area contributed by atoms with Crippen molar-refractivity contribution in [1.29, 1.82) is 0 Å². The number of nitrogens with one attached hydrogen (secondary N) is 1. The Hall–Kier alpha value is -0.990. The lowest BCUT2D eigenvalue weighted by Gasteiger charge is -2.22. The minimum Gasteiger partial charge on any atom is -0.353 e. The van der Waals surface area contributed by atoms with E-state index in [1.807, 2.05) is 13.1 Å². The number of allylic oxidation sites excluding steroid dienone is 1. The lowest BCUT2D eigenvalue weighted by atomic mass is 10.2. The van der Waals surface area contributed by atoms with E-state index < -0.39 is 0 Å². The predicted molar refractivity (Wildman–Crippen MR) is 75.4 cm³/mol. The van der Waals surface area contributed by atoms with Gasteiger partial charge in [-0.3, -0.25) is 4.99 Å². The van der Waals surface area contributed by atoms with Crippen LogP contribution < -0.4 is 5.32 Å². The molecule has 0 aliphatic heterocycles. The summed E-state index contributed by atoms with van der Waals surface area (Å²) in [6.07, 6.45) is 8.17. The number of hydrogen-bond donors (Lipinski definition) is 1. The van der Waals surface area contributed by atoms with Crippen molar-refractivity contribution in [2.75, 3.05) is 20.6 Å². The normalized spacial score (nSPS) is 23.4. The van der Waals surface area contributed by atoms with Crippen molar-refractivity contribution >= 4 is 5.96 Å². The molecule has 1 saturated carbocycles. The Bertz CT molecular complexity index is 260. The molecule has 0 spiro atoms. The average molecular weight is 237 g/mol. The van der Waals surface area contributed by atoms with Gasteiger partial charge >= 0.3 is 0 Å². The van der Waals surface area contributed by atoms with Gasteiger partial charge in [0.25, 0.3) is 0 Å². The molecule has 0 saturated heterocycles. The van der Waals surface area contributed by atoms with Gasteiger partial charge in [0.05, 0.1) is 0 Å². The van der Waals surface area contributed by atoms with E-state index in [0.717, 1.165) is 24.8 Å². The number of guanidine groups is 1. The molecule has 1 aliphatic carbocycles. The lowest BCUT2D eigenvalue weighted by molar-refractivity contribution is 0.453. The molecule has 2 unspecified atom stereocenters. The van der Waals surface area contributed by atoms with Crippen LogP contribution in [0, 0.1) is 5.92 Å². The Kier molecular flexibility index (Phi) is 6.09. The first kappa shape index (κ1) is 14.1. The van der Waals surface area contributed by atoms with Gasteiger partial charge in [-0.2, -0.15) is 0 Å². The maximum atomic E-state index is 4.33. The Labute approximate surface area is 106 Å². The third kappa shape index (κ3) is 5.24. The first-order chi connectivity index (χ1) is 8.19. The number of aliphatic imine (C=N–C) groups is 1. The molecule has 0 bridgehead atoms. The van der Waals surface area contributed by atoms with Crippen LogP contribution in [0.15, 0.2) is 17.6 Å². The molecule has 0 aromatic carbocycles. The summed E-state index contributed by atoms with van der Waals surface area (Å²) in [5.74, 6) is 1.86. The largest absolute Gasteiger partial charge is 0.353 e. The van der Waals surface area contributed by atoms with Crippen LogP contribution in [0.3, 0.4) is 0 Å². The monoisotopic (exact) mass is 237 g/mol. The molecule has 0 aromatic rings. The van der Waals surface area contributed by atoms with Crippen LogP contribution in [-0.2, 0) is 0 Å². The summed E-state index contributed by atoms with van der Waals surface area (Å²) in [5.41, 5.74) is 0. The van der Waals surface area contributed by atoms with Gasteiger partial charge in [-0.15, -0.1) is 6.58 Å². The van der Waals surface area contributed by atoms with Crippen molar-refractivity contribution in [3.05, 3.63) is 12.7 Å². The molecule has 3 heteroatoms. The zero-order valence-corrected chi connectivity index (χ0v) is 11.6. The molecule has 98 valence electrons. The van der Waals surface area contributed by atoms with Gasteiger partial charge in [0, 0.05) is 26.7 Å². The molecule has 3 nitrogen and oxygen atoms in total. The molecule has 2 atom stereocenters. The zero-order valence-electron chi connectivity index (χ0n) is 11.6. The molecular formula is C14H27N3. The van der Waals surface area contributed by atoms with Crippen molar-refractivity contribution < 1.29 is 0 Å². The first-order valence-corrected chi connectivity index (χ1v) is 6.74. The minimum atomic E-state index is 0.650. The fourth-order valence-electron chi connectivity index (χ4n) is 1.95. The second-order valence-electron chi connectivity index (χ2n) is 5.07. The Morgan fingerprint density at radius 2 is 2.18 bits per heavy atom. The molecule has 0 amide bonds. The maximum Gasteiger partial charge on any atom is 0.193 e. The van der Waals surface area contributed by atoms with Gasteiger partial charge in [0.15, 0.2) is 5.96 Å². The Morgan fingerprint density at radius 3 is 2.71 bits per heavy atom. The van der Waals surface area contributed by atoms with Crippen LogP contribution in [0.2, 0.25) is 0 Å². The molecule has 17 heavy (non-hydrogen) atoms. The number of nitrogens with zero attached hydrogens (tertiary/aromatic N) is 2. The van der Waals surface area contributed by atoms with E-state index >= 15 is 0 Å². The van der Waals surface area contributed by atoms with E-state index in [2.05, 4.69) is 35.8 Å². The SMILES string of the molecule is C=CCCCCCN(C)C(=NC)NC1CC1C. The van der Waals surface area contributed by atoms with Crippen LogP contribution in [-0.4, -0.2) is 37.5 Å². The van der Waals surface area contributed by atoms with Gasteiger partial charge in [0.2, 0.25) is 0 Å². The summed E-state index contributed by atoms with van der Waals surface area (Å²) in [7, 11) is 3.99. The van der Waals surface area contributed by atoms with E-state index in [1.54, 1.807) is 0 Å². The van der Waals surface area contributed by atoms with Crippen LogP contribution >= 0.6 is 0 Å². The van der Waals surface area contributed by atoms with Crippen molar-refractivity contribution in [2.45, 2.75) is 45.1 Å². The Balaban J connectivity index is 2.15. The maximum absolute atomic E-state index is 4.33. The highest BCUT2D eigenvalue weighted by Crippen LogP contribution is 2.29. The summed E-state index contributed by atoms with van der Waals surface area (Å²) in [6.45, 7) is 7.10. The van der Waals surface area contributed by atoms with Crippen LogP contribution in [0.5, 0.6) is 0 Å². The van der Waals surface area contributed by atoms with Crippen molar-refractivity contribution in [3.8, 4) is 0 Å². The van der Waals surface area contributed by atoms with Crippen molar-refractivity contribution in [1.82, 2.24) is 10.2 Å². The van der Waals surface area contributed by atoms with E-state index in [1.165, 1.54) is 25.7 Å². The number of unbranched alkanes of at least 4 members (excludes halogenated alkanes) is 3. The number of hydrogen-bond acceptors (Lipinski definition) is 1. The third-order valence-corrected chi connectivity index (χ3v) is 3.40. The van der Waals surface area contributed by atoms with E-state index in [0.29, 0.717) is 6.04 Å². The zero-order chi connectivity index (χ0) is 12.7. The Morgan fingerprint density at radius 1 is 1.47 bits per heavy atom. The van der Waals surface area contributed by atoms with Crippen molar-refractivity contribution in [2.24, 2.45) is 10.9 Å². The van der Waals surface area contributed by atoms with Gasteiger partial charge in [0.1, 0.15) is 0 Å². The summed E-state index contributed by atoms with van der Waals surface area (Å²) in [6, 6.07) is 0.650. The highest BCUT2D eigenvalue weighted by atomic mass is 15.3. The highest BCUT2D eigenvalue weighted by molar-refractivity contribution is 5.80. The van der Waals surface area contributed by atoms with E-state index in [-0.39, 0.29) is 0 Å². The quantitative estimate of drug-likeness (QED) is 0.319. The van der Waals surface area contributed by atoms with Crippen LogP contribution in [0.1, 0.15) is 39.0 Å².